The van der Waals surface area contributed by atoms with Gasteiger partial charge in [-0.2, -0.15) is 13.2 Å². The molecule has 3 rings (SSSR count). The van der Waals surface area contributed by atoms with Gasteiger partial charge in [0.2, 0.25) is 11.8 Å². The second-order valence-electron chi connectivity index (χ2n) is 10.1. The van der Waals surface area contributed by atoms with Crippen LogP contribution in [0.4, 0.5) is 23.7 Å². The van der Waals surface area contributed by atoms with Crippen LogP contribution in [-0.4, -0.2) is 64.6 Å². The number of halogens is 3. The normalized spacial score (nSPS) is 12.2. The minimum absolute atomic E-state index is 0.0525. The Kier molecular flexibility index (Phi) is 10.5. The summed E-state index contributed by atoms with van der Waals surface area (Å²) in [5.41, 5.74) is -0.0502. The van der Waals surface area contributed by atoms with Crippen LogP contribution in [0.15, 0.2) is 53.1 Å². The zero-order chi connectivity index (χ0) is 31.9. The molecule has 0 aromatic carbocycles. The first-order valence-corrected chi connectivity index (χ1v) is 13.2. The van der Waals surface area contributed by atoms with E-state index in [0.717, 1.165) is 13.3 Å². The van der Waals surface area contributed by atoms with Crippen molar-refractivity contribution in [1.82, 2.24) is 24.8 Å². The minimum Gasteiger partial charge on any atom is -0.453 e. The second-order valence-corrected chi connectivity index (χ2v) is 10.1. The smallest absolute Gasteiger partial charge is 0.418 e. The number of nitrogens with zero attached hydrogens (tertiary/aromatic N) is 3. The van der Waals surface area contributed by atoms with Crippen molar-refractivity contribution in [3.8, 4) is 0 Å². The number of fused-ring (bicyclic) bond motifs is 1. The van der Waals surface area contributed by atoms with Crippen LogP contribution >= 0.6 is 0 Å². The second kappa shape index (κ2) is 13.9. The summed E-state index contributed by atoms with van der Waals surface area (Å²) in [7, 11) is 4.33. The van der Waals surface area contributed by atoms with Gasteiger partial charge in [-0.25, -0.2) is 4.79 Å². The van der Waals surface area contributed by atoms with Gasteiger partial charge < -0.3 is 29.8 Å². The van der Waals surface area contributed by atoms with E-state index in [1.165, 1.54) is 39.9 Å². The standard InChI is InChI=1S/C29H33F3N6O5/c1-17(2)13-19-20(29(30,31)32)15-33-23-14-18(34-25(19)23)16-38-12-8-10-22(27(38)41)35-26(40)21(36-28(42)43-5)9-6-7-11-24(39)37(3)4/h7-8,10-15,21,34H,6,9,16H2,1-5H3,(H,35,40)(H,36,42)/b11-7+. The molecule has 14 heteroatoms. The van der Waals surface area contributed by atoms with Crippen molar-refractivity contribution in [2.45, 2.75) is 45.5 Å². The van der Waals surface area contributed by atoms with E-state index in [9.17, 15) is 32.3 Å². The zero-order valence-electron chi connectivity index (χ0n) is 24.3. The van der Waals surface area contributed by atoms with Gasteiger partial charge in [-0.15, -0.1) is 0 Å². The summed E-state index contributed by atoms with van der Waals surface area (Å²) in [6, 6.07) is 3.37. The first-order chi connectivity index (χ1) is 20.2. The molecular weight excluding hydrogens is 569 g/mol. The number of hydrogen-bond acceptors (Lipinski definition) is 6. The van der Waals surface area contributed by atoms with Gasteiger partial charge in [0.25, 0.3) is 5.56 Å². The third kappa shape index (κ3) is 8.56. The topological polar surface area (TPSA) is 138 Å². The van der Waals surface area contributed by atoms with Crippen molar-refractivity contribution in [1.29, 1.82) is 0 Å². The maximum atomic E-state index is 13.7. The van der Waals surface area contributed by atoms with E-state index in [2.05, 4.69) is 25.3 Å². The quantitative estimate of drug-likeness (QED) is 0.296. The van der Waals surface area contributed by atoms with Gasteiger partial charge in [-0.3, -0.25) is 19.4 Å². The van der Waals surface area contributed by atoms with Crippen LogP contribution in [0.3, 0.4) is 0 Å². The number of allylic oxidation sites excluding steroid dienone is 2. The number of nitrogens with one attached hydrogen (secondary N) is 3. The van der Waals surface area contributed by atoms with E-state index in [4.69, 9.17) is 0 Å². The third-order valence-electron chi connectivity index (χ3n) is 6.22. The Morgan fingerprint density at radius 1 is 1.23 bits per heavy atom. The highest BCUT2D eigenvalue weighted by molar-refractivity contribution is 5.96. The van der Waals surface area contributed by atoms with E-state index in [1.807, 2.05) is 0 Å². The van der Waals surface area contributed by atoms with Gasteiger partial charge >= 0.3 is 12.3 Å². The monoisotopic (exact) mass is 602 g/mol. The number of methoxy groups -OCH3 is 1. The summed E-state index contributed by atoms with van der Waals surface area (Å²) in [5.74, 6) is -0.931. The highest BCUT2D eigenvalue weighted by Gasteiger charge is 2.34. The van der Waals surface area contributed by atoms with Crippen LogP contribution in [-0.2, 0) is 27.0 Å². The molecule has 3 amide bonds. The largest absolute Gasteiger partial charge is 0.453 e. The molecule has 0 fully saturated rings. The SMILES string of the molecule is COC(=O)NC(CC/C=C/C(=O)N(C)C)C(=O)Nc1cccn(Cc2cc3ncc(C(F)(F)F)c(C=C(C)C)c3[nH]2)c1=O. The van der Waals surface area contributed by atoms with Crippen LogP contribution < -0.4 is 16.2 Å². The molecule has 0 aliphatic carbocycles. The van der Waals surface area contributed by atoms with Crippen LogP contribution in [0, 0.1) is 0 Å². The number of carbonyl (C=O) groups is 3. The van der Waals surface area contributed by atoms with E-state index < -0.39 is 35.3 Å². The molecule has 0 spiro atoms. The Hall–Kier alpha value is -4.88. The van der Waals surface area contributed by atoms with Crippen LogP contribution in [0.5, 0.6) is 0 Å². The van der Waals surface area contributed by atoms with Gasteiger partial charge in [0, 0.05) is 37.7 Å². The summed E-state index contributed by atoms with van der Waals surface area (Å²) in [6.45, 7) is 3.32. The molecule has 0 aliphatic rings. The molecule has 0 radical (unpaired) electrons. The number of likely N-dealkylation sites (N-methyl/N-ethyl adjacent to an activating group) is 1. The van der Waals surface area contributed by atoms with Gasteiger partial charge in [0.05, 0.1) is 30.3 Å². The molecule has 230 valence electrons. The van der Waals surface area contributed by atoms with Crippen molar-refractivity contribution in [2.24, 2.45) is 0 Å². The molecule has 3 aromatic rings. The molecule has 43 heavy (non-hydrogen) atoms. The number of carbonyl (C=O) groups excluding carboxylic acids is 3. The number of H-pyrrole nitrogens is 1. The number of aromatic nitrogens is 3. The molecule has 3 heterocycles. The van der Waals surface area contributed by atoms with Crippen molar-refractivity contribution < 1.29 is 32.3 Å². The van der Waals surface area contributed by atoms with E-state index in [-0.39, 0.29) is 42.1 Å². The molecule has 3 N–H and O–H groups in total. The van der Waals surface area contributed by atoms with Crippen molar-refractivity contribution in [2.75, 3.05) is 26.5 Å². The van der Waals surface area contributed by atoms with Crippen LogP contribution in [0.25, 0.3) is 17.1 Å². The van der Waals surface area contributed by atoms with Gasteiger partial charge in [0.15, 0.2) is 0 Å². The van der Waals surface area contributed by atoms with Gasteiger partial charge in [-0.1, -0.05) is 17.7 Å². The summed E-state index contributed by atoms with van der Waals surface area (Å²) >= 11 is 0. The number of rotatable bonds is 10. The van der Waals surface area contributed by atoms with E-state index >= 15 is 0 Å². The molecule has 1 atom stereocenters. The van der Waals surface area contributed by atoms with Crippen LogP contribution in [0.1, 0.15) is 43.5 Å². The van der Waals surface area contributed by atoms with Gasteiger partial charge in [-0.05, 0) is 51.0 Å². The highest BCUT2D eigenvalue weighted by atomic mass is 19.4. The Bertz CT molecular complexity index is 1620. The van der Waals surface area contributed by atoms with Crippen molar-refractivity contribution in [3.05, 3.63) is 75.5 Å². The van der Waals surface area contributed by atoms with Crippen molar-refractivity contribution in [3.63, 3.8) is 0 Å². The first kappa shape index (κ1) is 32.6. The minimum atomic E-state index is -4.61. The number of amides is 3. The van der Waals surface area contributed by atoms with E-state index in [1.54, 1.807) is 40.1 Å². The maximum absolute atomic E-state index is 13.7. The predicted molar refractivity (Wildman–Crippen MR) is 155 cm³/mol. The molecule has 0 bridgehead atoms. The average molecular weight is 603 g/mol. The maximum Gasteiger partial charge on any atom is 0.418 e. The molecule has 0 saturated heterocycles. The Balaban J connectivity index is 1.85. The lowest BCUT2D eigenvalue weighted by Crippen LogP contribution is -2.44. The number of ether oxygens (including phenoxy) is 1. The summed E-state index contributed by atoms with van der Waals surface area (Å²) in [6.07, 6.45) is 1.48. The predicted octanol–water partition coefficient (Wildman–Crippen LogP) is 4.30. The van der Waals surface area contributed by atoms with Gasteiger partial charge in [0.1, 0.15) is 11.7 Å². The number of hydrogen-bond donors (Lipinski definition) is 3. The zero-order valence-corrected chi connectivity index (χ0v) is 24.3. The summed E-state index contributed by atoms with van der Waals surface area (Å²) in [4.78, 5) is 58.1. The first-order valence-electron chi connectivity index (χ1n) is 13.2. The molecule has 0 aliphatic heterocycles. The lowest BCUT2D eigenvalue weighted by Gasteiger charge is -2.17. The Labute approximate surface area is 245 Å². The van der Waals surface area contributed by atoms with Crippen LogP contribution in [0.2, 0.25) is 0 Å². The molecule has 1 unspecified atom stereocenters. The lowest BCUT2D eigenvalue weighted by atomic mass is 10.1. The fraction of sp³-hybridized carbons (Fsp3) is 0.345. The summed E-state index contributed by atoms with van der Waals surface area (Å²) < 4.78 is 46.9. The molecular formula is C29H33F3N6O5. The number of alkyl carbamates (subject to hydrolysis) is 1. The van der Waals surface area contributed by atoms with Crippen molar-refractivity contribution >= 4 is 40.7 Å². The fourth-order valence-corrected chi connectivity index (χ4v) is 4.12. The fourth-order valence-electron chi connectivity index (χ4n) is 4.12. The number of alkyl halides is 3. The lowest BCUT2D eigenvalue weighted by molar-refractivity contribution is -0.137. The number of pyridine rings is 2. The van der Waals surface area contributed by atoms with E-state index in [0.29, 0.717) is 16.8 Å². The highest BCUT2D eigenvalue weighted by Crippen LogP contribution is 2.35. The molecule has 11 nitrogen and oxygen atoms in total. The third-order valence-corrected chi connectivity index (χ3v) is 6.22. The molecule has 0 saturated carbocycles. The summed E-state index contributed by atoms with van der Waals surface area (Å²) in [5, 5.41) is 4.93. The average Bonchev–Trinajstić information content (AvgIpc) is 3.34. The number of aromatic amines is 1. The molecule has 3 aromatic heterocycles. The Morgan fingerprint density at radius 3 is 2.58 bits per heavy atom. The number of anilines is 1. The Morgan fingerprint density at radius 2 is 1.95 bits per heavy atom.